The zero-order chi connectivity index (χ0) is 17.9. The Hall–Kier alpha value is -1.59. The summed E-state index contributed by atoms with van der Waals surface area (Å²) in [4.78, 5) is 15.0. The number of rotatable bonds is 4. The van der Waals surface area contributed by atoms with Crippen LogP contribution in [0.3, 0.4) is 0 Å². The normalized spacial score (nSPS) is 21.2. The summed E-state index contributed by atoms with van der Waals surface area (Å²) >= 11 is 0. The molecule has 2 fully saturated rings. The van der Waals surface area contributed by atoms with Gasteiger partial charge in [0, 0.05) is 45.7 Å². The fourth-order valence-corrected chi connectivity index (χ4v) is 3.76. The Labute approximate surface area is 150 Å². The largest absolute Gasteiger partial charge is 0.490 e. The smallest absolute Gasteiger partial charge is 0.230 e. The summed E-state index contributed by atoms with van der Waals surface area (Å²) < 4.78 is 11.6. The Morgan fingerprint density at radius 2 is 1.92 bits per heavy atom. The maximum atomic E-state index is 13.0. The molecule has 0 bridgehead atoms. The van der Waals surface area contributed by atoms with Crippen LogP contribution in [-0.4, -0.2) is 49.8 Å². The van der Waals surface area contributed by atoms with E-state index >= 15 is 0 Å². The van der Waals surface area contributed by atoms with E-state index in [4.69, 9.17) is 15.2 Å². The second-order valence-corrected chi connectivity index (χ2v) is 7.45. The first-order chi connectivity index (χ1) is 12.0. The minimum absolute atomic E-state index is 0.176. The number of nitrogens with zero attached hydrogens (tertiary/aromatic N) is 1. The predicted octanol–water partition coefficient (Wildman–Crippen LogP) is 2.43. The van der Waals surface area contributed by atoms with E-state index in [1.54, 1.807) is 0 Å². The van der Waals surface area contributed by atoms with Crippen molar-refractivity contribution >= 4 is 5.91 Å². The third kappa shape index (κ3) is 3.98. The van der Waals surface area contributed by atoms with Crippen molar-refractivity contribution in [3.05, 3.63) is 29.3 Å². The van der Waals surface area contributed by atoms with Gasteiger partial charge in [-0.1, -0.05) is 6.07 Å². The molecule has 0 spiro atoms. The van der Waals surface area contributed by atoms with Crippen LogP contribution >= 0.6 is 0 Å². The van der Waals surface area contributed by atoms with Crippen molar-refractivity contribution in [3.8, 4) is 5.75 Å². The zero-order valence-electron chi connectivity index (χ0n) is 15.4. The first-order valence-electron chi connectivity index (χ1n) is 9.35. The number of amides is 1. The molecule has 0 aromatic heterocycles. The molecule has 0 aliphatic carbocycles. The molecule has 2 saturated heterocycles. The molecule has 1 aromatic rings. The molecule has 3 rings (SSSR count). The van der Waals surface area contributed by atoms with Gasteiger partial charge in [-0.2, -0.15) is 0 Å². The van der Waals surface area contributed by atoms with Gasteiger partial charge in [-0.05, 0) is 49.9 Å². The van der Waals surface area contributed by atoms with Crippen molar-refractivity contribution in [3.63, 3.8) is 0 Å². The predicted molar refractivity (Wildman–Crippen MR) is 97.7 cm³/mol. The number of benzene rings is 1. The van der Waals surface area contributed by atoms with Crippen LogP contribution < -0.4 is 10.5 Å². The van der Waals surface area contributed by atoms with Crippen LogP contribution in [0.5, 0.6) is 5.75 Å². The van der Waals surface area contributed by atoms with Gasteiger partial charge in [0.15, 0.2) is 0 Å². The maximum absolute atomic E-state index is 13.0. The van der Waals surface area contributed by atoms with Gasteiger partial charge in [-0.25, -0.2) is 0 Å². The van der Waals surface area contributed by atoms with Crippen molar-refractivity contribution < 1.29 is 14.3 Å². The molecule has 0 radical (unpaired) electrons. The number of hydrogen-bond acceptors (Lipinski definition) is 4. The number of aryl methyl sites for hydroxylation is 2. The molecular formula is C20H30N2O3. The minimum atomic E-state index is -0.417. The molecule has 5 heteroatoms. The van der Waals surface area contributed by atoms with Crippen LogP contribution in [0.25, 0.3) is 0 Å². The van der Waals surface area contributed by atoms with E-state index in [0.717, 1.165) is 44.5 Å². The molecule has 0 saturated carbocycles. The van der Waals surface area contributed by atoms with Gasteiger partial charge >= 0.3 is 0 Å². The van der Waals surface area contributed by atoms with E-state index in [0.29, 0.717) is 19.8 Å². The van der Waals surface area contributed by atoms with E-state index in [1.165, 1.54) is 11.1 Å². The van der Waals surface area contributed by atoms with Gasteiger partial charge in [-0.15, -0.1) is 0 Å². The highest BCUT2D eigenvalue weighted by Gasteiger charge is 2.42. The Bertz CT molecular complexity index is 603. The quantitative estimate of drug-likeness (QED) is 0.909. The fraction of sp³-hybridized carbons (Fsp3) is 0.650. The van der Waals surface area contributed by atoms with E-state index in [2.05, 4.69) is 26.0 Å². The van der Waals surface area contributed by atoms with Crippen molar-refractivity contribution in [1.82, 2.24) is 4.90 Å². The van der Waals surface area contributed by atoms with Crippen molar-refractivity contribution in [2.75, 3.05) is 32.8 Å². The molecule has 1 aromatic carbocycles. The molecule has 2 aliphatic rings. The molecule has 2 aliphatic heterocycles. The molecule has 0 unspecified atom stereocenters. The first kappa shape index (κ1) is 18.2. The second kappa shape index (κ2) is 7.75. The summed E-state index contributed by atoms with van der Waals surface area (Å²) in [6, 6.07) is 6.23. The number of carbonyl (C=O) groups excluding carboxylic acids is 1. The summed E-state index contributed by atoms with van der Waals surface area (Å²) in [6.45, 7) is 7.38. The van der Waals surface area contributed by atoms with Gasteiger partial charge in [0.05, 0.1) is 5.41 Å². The molecular weight excluding hydrogens is 316 g/mol. The third-order valence-electron chi connectivity index (χ3n) is 5.80. The van der Waals surface area contributed by atoms with E-state index in [-0.39, 0.29) is 12.0 Å². The molecule has 25 heavy (non-hydrogen) atoms. The average Bonchev–Trinajstić information content (AvgIpc) is 2.65. The lowest BCUT2D eigenvalue weighted by Gasteiger charge is -2.41. The van der Waals surface area contributed by atoms with Gasteiger partial charge in [0.25, 0.3) is 0 Å². The number of piperidine rings is 1. The van der Waals surface area contributed by atoms with Crippen molar-refractivity contribution in [2.24, 2.45) is 11.1 Å². The summed E-state index contributed by atoms with van der Waals surface area (Å²) in [5, 5.41) is 0. The number of hydrogen-bond donors (Lipinski definition) is 1. The van der Waals surface area contributed by atoms with E-state index < -0.39 is 5.41 Å². The van der Waals surface area contributed by atoms with Crippen LogP contribution in [0.1, 0.15) is 36.8 Å². The van der Waals surface area contributed by atoms with Crippen molar-refractivity contribution in [1.29, 1.82) is 0 Å². The maximum Gasteiger partial charge on any atom is 0.230 e. The third-order valence-corrected chi connectivity index (χ3v) is 5.80. The number of nitrogens with two attached hydrogens (primary N) is 1. The van der Waals surface area contributed by atoms with Crippen molar-refractivity contribution in [2.45, 2.75) is 45.6 Å². The van der Waals surface area contributed by atoms with Crippen LogP contribution in [0.2, 0.25) is 0 Å². The van der Waals surface area contributed by atoms with E-state index in [1.807, 2.05) is 11.0 Å². The van der Waals surface area contributed by atoms with Crippen LogP contribution in [-0.2, 0) is 9.53 Å². The lowest BCUT2D eigenvalue weighted by atomic mass is 9.78. The standard InChI is InChI=1S/C20H30N2O3/c1-15-3-4-18(13-16(15)2)25-17-5-9-22(10-6-17)19(23)20(14-21)7-11-24-12-8-20/h3-4,13,17H,5-12,14,21H2,1-2H3. The first-order valence-corrected chi connectivity index (χ1v) is 9.35. The highest BCUT2D eigenvalue weighted by molar-refractivity contribution is 5.83. The molecule has 2 N–H and O–H groups in total. The zero-order valence-corrected chi connectivity index (χ0v) is 15.4. The van der Waals surface area contributed by atoms with Gasteiger partial charge in [0.1, 0.15) is 11.9 Å². The summed E-state index contributed by atoms with van der Waals surface area (Å²) in [7, 11) is 0. The summed E-state index contributed by atoms with van der Waals surface area (Å²) in [6.07, 6.45) is 3.39. The van der Waals surface area contributed by atoms with Gasteiger partial charge in [0.2, 0.25) is 5.91 Å². The Balaban J connectivity index is 1.56. The van der Waals surface area contributed by atoms with Crippen LogP contribution in [0.15, 0.2) is 18.2 Å². The number of carbonyl (C=O) groups is 1. The molecule has 5 nitrogen and oxygen atoms in total. The number of ether oxygens (including phenoxy) is 2. The Morgan fingerprint density at radius 1 is 1.24 bits per heavy atom. The molecule has 138 valence electrons. The Morgan fingerprint density at radius 3 is 2.52 bits per heavy atom. The molecule has 0 atom stereocenters. The average molecular weight is 346 g/mol. The lowest BCUT2D eigenvalue weighted by molar-refractivity contribution is -0.149. The SMILES string of the molecule is Cc1ccc(OC2CCN(C(=O)C3(CN)CCOCC3)CC2)cc1C. The van der Waals surface area contributed by atoms with Crippen LogP contribution in [0, 0.1) is 19.3 Å². The molecule has 2 heterocycles. The Kier molecular flexibility index (Phi) is 5.64. The summed E-state index contributed by atoms with van der Waals surface area (Å²) in [5.74, 6) is 1.14. The fourth-order valence-electron chi connectivity index (χ4n) is 3.76. The minimum Gasteiger partial charge on any atom is -0.490 e. The lowest BCUT2D eigenvalue weighted by Crippen LogP contribution is -2.53. The molecule has 1 amide bonds. The monoisotopic (exact) mass is 346 g/mol. The number of likely N-dealkylation sites (tertiary alicyclic amines) is 1. The van der Waals surface area contributed by atoms with Crippen LogP contribution in [0.4, 0.5) is 0 Å². The van der Waals surface area contributed by atoms with E-state index in [9.17, 15) is 4.79 Å². The second-order valence-electron chi connectivity index (χ2n) is 7.45. The highest BCUT2D eigenvalue weighted by Crippen LogP contribution is 2.33. The summed E-state index contributed by atoms with van der Waals surface area (Å²) in [5.41, 5.74) is 8.08. The van der Waals surface area contributed by atoms with Gasteiger partial charge < -0.3 is 20.1 Å². The van der Waals surface area contributed by atoms with Gasteiger partial charge in [-0.3, -0.25) is 4.79 Å². The highest BCUT2D eigenvalue weighted by atomic mass is 16.5. The topological polar surface area (TPSA) is 64.8 Å².